The van der Waals surface area contributed by atoms with E-state index in [1.54, 1.807) is 6.07 Å². The Labute approximate surface area is 181 Å². The van der Waals surface area contributed by atoms with Gasteiger partial charge in [0, 0.05) is 30.4 Å². The Bertz CT molecular complexity index is 1110. The van der Waals surface area contributed by atoms with Crippen LogP contribution in [0.25, 0.3) is 0 Å². The van der Waals surface area contributed by atoms with Crippen molar-refractivity contribution >= 4 is 46.5 Å². The second-order valence-corrected chi connectivity index (χ2v) is 6.75. The van der Waals surface area contributed by atoms with Gasteiger partial charge in [0.05, 0.1) is 16.4 Å². The molecular formula is C20H15Cl2FN4O3. The topological polar surface area (TPSA) is 92.4 Å². The lowest BCUT2D eigenvalue weighted by Gasteiger charge is -2.11. The molecular weight excluding hydrogens is 434 g/mol. The zero-order chi connectivity index (χ0) is 21.7. The highest BCUT2D eigenvalue weighted by Gasteiger charge is 2.12. The summed E-state index contributed by atoms with van der Waals surface area (Å²) in [5.74, 6) is -0.625. The van der Waals surface area contributed by atoms with Gasteiger partial charge in [0.15, 0.2) is 0 Å². The molecule has 0 aliphatic heterocycles. The molecule has 3 amide bonds. The minimum atomic E-state index is -0.722. The largest absolute Gasteiger partial charge is 0.457 e. The Morgan fingerprint density at radius 2 is 1.70 bits per heavy atom. The molecule has 154 valence electrons. The Balaban J connectivity index is 1.69. The van der Waals surface area contributed by atoms with Gasteiger partial charge < -0.3 is 20.7 Å². The fourth-order valence-corrected chi connectivity index (χ4v) is 2.73. The Morgan fingerprint density at radius 1 is 0.967 bits per heavy atom. The number of amides is 3. The van der Waals surface area contributed by atoms with Gasteiger partial charge in [-0.2, -0.15) is 0 Å². The third-order valence-electron chi connectivity index (χ3n) is 3.79. The monoisotopic (exact) mass is 448 g/mol. The first-order valence-corrected chi connectivity index (χ1v) is 9.30. The average Bonchev–Trinajstić information content (AvgIpc) is 2.72. The van der Waals surface area contributed by atoms with Crippen LogP contribution < -0.4 is 20.7 Å². The molecule has 30 heavy (non-hydrogen) atoms. The predicted octanol–water partition coefficient (Wildman–Crippen LogP) is 5.32. The van der Waals surface area contributed by atoms with Crippen LogP contribution in [0, 0.1) is 5.82 Å². The van der Waals surface area contributed by atoms with Gasteiger partial charge in [-0.05, 0) is 36.4 Å². The summed E-state index contributed by atoms with van der Waals surface area (Å²) in [4.78, 5) is 27.7. The van der Waals surface area contributed by atoms with Gasteiger partial charge >= 0.3 is 6.03 Å². The molecule has 0 radical (unpaired) electrons. The third-order valence-corrected chi connectivity index (χ3v) is 4.36. The van der Waals surface area contributed by atoms with Crippen molar-refractivity contribution in [1.82, 2.24) is 10.3 Å². The smallest absolute Gasteiger partial charge is 0.323 e. The van der Waals surface area contributed by atoms with Crippen LogP contribution in [0.5, 0.6) is 11.5 Å². The Morgan fingerprint density at radius 3 is 2.43 bits per heavy atom. The number of aromatic nitrogens is 1. The molecule has 0 saturated carbocycles. The number of halogens is 3. The molecule has 7 nitrogen and oxygen atoms in total. The number of ether oxygens (including phenoxy) is 1. The highest BCUT2D eigenvalue weighted by Crippen LogP contribution is 2.27. The number of benzene rings is 2. The molecule has 0 atom stereocenters. The summed E-state index contributed by atoms with van der Waals surface area (Å²) in [7, 11) is 1.48. The number of hydrogen-bond acceptors (Lipinski definition) is 4. The van der Waals surface area contributed by atoms with E-state index in [0.29, 0.717) is 10.8 Å². The molecule has 0 spiro atoms. The summed E-state index contributed by atoms with van der Waals surface area (Å²) < 4.78 is 20.0. The molecule has 1 aromatic heterocycles. The number of rotatable bonds is 5. The van der Waals surface area contributed by atoms with Crippen LogP contribution >= 0.6 is 23.2 Å². The number of pyridine rings is 1. The summed E-state index contributed by atoms with van der Waals surface area (Å²) in [6.45, 7) is 0. The molecule has 0 unspecified atom stereocenters. The van der Waals surface area contributed by atoms with Gasteiger partial charge in [-0.25, -0.2) is 9.18 Å². The molecule has 0 aliphatic rings. The summed E-state index contributed by atoms with van der Waals surface area (Å²) in [6, 6.07) is 10.7. The summed E-state index contributed by atoms with van der Waals surface area (Å²) in [5.41, 5.74) is 0.371. The molecule has 0 aliphatic carbocycles. The number of carbonyl (C=O) groups excluding carboxylic acids is 2. The van der Waals surface area contributed by atoms with E-state index in [9.17, 15) is 14.0 Å². The number of urea groups is 1. The van der Waals surface area contributed by atoms with Crippen LogP contribution in [-0.2, 0) is 0 Å². The van der Waals surface area contributed by atoms with E-state index >= 15 is 0 Å². The lowest BCUT2D eigenvalue weighted by atomic mass is 10.2. The normalized spacial score (nSPS) is 10.3. The van der Waals surface area contributed by atoms with Crippen molar-refractivity contribution in [3.8, 4) is 11.5 Å². The summed E-state index contributed by atoms with van der Waals surface area (Å²) in [6.07, 6.45) is 1.40. The fraction of sp³-hybridized carbons (Fsp3) is 0.0500. The van der Waals surface area contributed by atoms with Crippen LogP contribution in [0.3, 0.4) is 0 Å². The van der Waals surface area contributed by atoms with Crippen molar-refractivity contribution in [3.05, 3.63) is 76.3 Å². The third kappa shape index (κ3) is 5.37. The Hall–Kier alpha value is -3.36. The van der Waals surface area contributed by atoms with Gasteiger partial charge in [0.25, 0.3) is 5.91 Å². The molecule has 0 bridgehead atoms. The minimum Gasteiger partial charge on any atom is -0.457 e. The molecule has 1 heterocycles. The lowest BCUT2D eigenvalue weighted by molar-refractivity contribution is 0.0958. The molecule has 3 N–H and O–H groups in total. The van der Waals surface area contributed by atoms with E-state index in [0.717, 1.165) is 6.07 Å². The lowest BCUT2D eigenvalue weighted by Crippen LogP contribution is -2.20. The zero-order valence-electron chi connectivity index (χ0n) is 15.5. The van der Waals surface area contributed by atoms with Crippen LogP contribution in [0.2, 0.25) is 10.0 Å². The van der Waals surface area contributed by atoms with Crippen molar-refractivity contribution in [3.63, 3.8) is 0 Å². The summed E-state index contributed by atoms with van der Waals surface area (Å²) >= 11 is 11.9. The number of carbonyl (C=O) groups is 2. The van der Waals surface area contributed by atoms with Crippen LogP contribution in [0.4, 0.5) is 20.6 Å². The number of nitrogens with one attached hydrogen (secondary N) is 3. The molecule has 0 fully saturated rings. The molecule has 2 aromatic carbocycles. The molecule has 3 aromatic rings. The highest BCUT2D eigenvalue weighted by molar-refractivity contribution is 6.35. The maximum atomic E-state index is 14.4. The van der Waals surface area contributed by atoms with E-state index in [4.69, 9.17) is 27.9 Å². The van der Waals surface area contributed by atoms with Crippen LogP contribution in [0.15, 0.2) is 54.7 Å². The van der Waals surface area contributed by atoms with Gasteiger partial charge in [-0.3, -0.25) is 9.78 Å². The van der Waals surface area contributed by atoms with Crippen LogP contribution in [-0.4, -0.2) is 24.0 Å². The minimum absolute atomic E-state index is 0.0706. The van der Waals surface area contributed by atoms with E-state index in [-0.39, 0.29) is 33.7 Å². The number of nitrogens with zero attached hydrogens (tertiary/aromatic N) is 1. The zero-order valence-corrected chi connectivity index (χ0v) is 17.0. The van der Waals surface area contributed by atoms with Crippen molar-refractivity contribution in [2.75, 3.05) is 17.7 Å². The maximum Gasteiger partial charge on any atom is 0.323 e. The first kappa shape index (κ1) is 21.4. The fourth-order valence-electron chi connectivity index (χ4n) is 2.39. The summed E-state index contributed by atoms with van der Waals surface area (Å²) in [5, 5.41) is 8.00. The highest BCUT2D eigenvalue weighted by atomic mass is 35.5. The van der Waals surface area contributed by atoms with Crippen LogP contribution in [0.1, 0.15) is 10.5 Å². The van der Waals surface area contributed by atoms with E-state index in [1.165, 1.54) is 49.6 Å². The Kier molecular flexibility index (Phi) is 6.71. The second kappa shape index (κ2) is 9.43. The standard InChI is InChI=1S/C20H15Cl2FN4O3/c1-24-19(28)18-10-13(6-7-25-18)30-12-3-5-16(15(23)9-12)26-20(29)27-17-8-11(21)2-4-14(17)22/h2-10H,1H3,(H,24,28)(H2,26,27,29). The number of hydrogen-bond donors (Lipinski definition) is 3. The first-order chi connectivity index (χ1) is 14.4. The first-order valence-electron chi connectivity index (χ1n) is 8.54. The average molecular weight is 449 g/mol. The van der Waals surface area contributed by atoms with Gasteiger partial charge in [0.1, 0.15) is 23.0 Å². The van der Waals surface area contributed by atoms with Crippen molar-refractivity contribution in [1.29, 1.82) is 0 Å². The number of anilines is 2. The predicted molar refractivity (Wildman–Crippen MR) is 113 cm³/mol. The van der Waals surface area contributed by atoms with Crippen molar-refractivity contribution in [2.45, 2.75) is 0 Å². The second-order valence-electron chi connectivity index (χ2n) is 5.90. The molecule has 10 heteroatoms. The van der Waals surface area contributed by atoms with E-state index < -0.39 is 11.8 Å². The SMILES string of the molecule is CNC(=O)c1cc(Oc2ccc(NC(=O)Nc3cc(Cl)ccc3Cl)c(F)c2)ccn1. The van der Waals surface area contributed by atoms with Crippen molar-refractivity contribution in [2.24, 2.45) is 0 Å². The van der Waals surface area contributed by atoms with Gasteiger partial charge in [-0.15, -0.1) is 0 Å². The van der Waals surface area contributed by atoms with E-state index in [1.807, 2.05) is 0 Å². The molecule has 0 saturated heterocycles. The van der Waals surface area contributed by atoms with Crippen molar-refractivity contribution < 1.29 is 18.7 Å². The molecule has 3 rings (SSSR count). The van der Waals surface area contributed by atoms with E-state index in [2.05, 4.69) is 20.9 Å². The maximum absolute atomic E-state index is 14.4. The van der Waals surface area contributed by atoms with Gasteiger partial charge in [-0.1, -0.05) is 23.2 Å². The van der Waals surface area contributed by atoms with Gasteiger partial charge in [0.2, 0.25) is 0 Å². The quantitative estimate of drug-likeness (QED) is 0.492.